The van der Waals surface area contributed by atoms with E-state index in [0.717, 1.165) is 11.3 Å². The summed E-state index contributed by atoms with van der Waals surface area (Å²) >= 11 is 0. The highest BCUT2D eigenvalue weighted by Crippen LogP contribution is 2.20. The van der Waals surface area contributed by atoms with Gasteiger partial charge in [0.15, 0.2) is 0 Å². The molecule has 2 nitrogen and oxygen atoms in total. The molecule has 0 amide bonds. The van der Waals surface area contributed by atoms with Crippen molar-refractivity contribution in [3.8, 4) is 0 Å². The Labute approximate surface area is 75.2 Å². The minimum atomic E-state index is -2.76. The number of nitrogens with zero attached hydrogens (tertiary/aromatic N) is 1. The van der Waals surface area contributed by atoms with Crippen molar-refractivity contribution in [3.05, 3.63) is 29.1 Å². The summed E-state index contributed by atoms with van der Waals surface area (Å²) in [4.78, 5) is 3.89. The maximum Gasteiger partial charge on any atom is 0.268 e. The van der Waals surface area contributed by atoms with Gasteiger partial charge in [-0.25, -0.2) is 8.78 Å². The zero-order valence-corrected chi connectivity index (χ0v) is 7.46. The van der Waals surface area contributed by atoms with Crippen molar-refractivity contribution in [2.75, 3.05) is 0 Å². The van der Waals surface area contributed by atoms with Gasteiger partial charge < -0.3 is 5.11 Å². The summed E-state index contributed by atoms with van der Waals surface area (Å²) in [5, 5.41) is 9.02. The molecule has 0 aliphatic carbocycles. The molecule has 0 aliphatic heterocycles. The molecule has 0 spiro atoms. The Kier molecular flexibility index (Phi) is 2.93. The van der Waals surface area contributed by atoms with Crippen LogP contribution in [0.5, 0.6) is 0 Å². The van der Waals surface area contributed by atoms with E-state index in [0.29, 0.717) is 0 Å². The predicted octanol–water partition coefficient (Wildman–Crippen LogP) is 2.00. The first kappa shape index (κ1) is 10.1. The molecular weight excluding hydrogens is 176 g/mol. The lowest BCUT2D eigenvalue weighted by Gasteiger charge is -2.10. The highest BCUT2D eigenvalue weighted by Gasteiger charge is 2.19. The molecule has 4 heteroatoms. The second-order valence-corrected chi connectivity index (χ2v) is 2.95. The van der Waals surface area contributed by atoms with Crippen LogP contribution in [0.25, 0.3) is 0 Å². The van der Waals surface area contributed by atoms with Crippen LogP contribution >= 0.6 is 0 Å². The van der Waals surface area contributed by atoms with Gasteiger partial charge in [-0.2, -0.15) is 0 Å². The average molecular weight is 187 g/mol. The van der Waals surface area contributed by atoms with Crippen LogP contribution in [0.1, 0.15) is 22.9 Å². The molecule has 1 rings (SSSR count). The molecule has 1 atom stereocenters. The number of hydrogen-bond donors (Lipinski definition) is 1. The molecule has 0 aliphatic rings. The SMILES string of the molecule is Cc1cc(C(O)C(F)F)cnc1C. The minimum Gasteiger partial charge on any atom is -0.382 e. The first-order chi connectivity index (χ1) is 6.02. The Morgan fingerprint density at radius 2 is 2.00 bits per heavy atom. The Morgan fingerprint density at radius 3 is 2.46 bits per heavy atom. The third-order valence-electron chi connectivity index (χ3n) is 1.94. The first-order valence-corrected chi connectivity index (χ1v) is 3.91. The van der Waals surface area contributed by atoms with Gasteiger partial charge in [-0.05, 0) is 25.5 Å². The van der Waals surface area contributed by atoms with Crippen LogP contribution in [0.15, 0.2) is 12.3 Å². The largest absolute Gasteiger partial charge is 0.382 e. The van der Waals surface area contributed by atoms with Gasteiger partial charge >= 0.3 is 0 Å². The van der Waals surface area contributed by atoms with E-state index in [1.54, 1.807) is 13.8 Å². The van der Waals surface area contributed by atoms with Crippen LogP contribution in [0, 0.1) is 13.8 Å². The van der Waals surface area contributed by atoms with Crippen LogP contribution in [0.4, 0.5) is 8.78 Å². The van der Waals surface area contributed by atoms with Crippen LogP contribution in [-0.2, 0) is 0 Å². The molecule has 0 saturated carbocycles. The lowest BCUT2D eigenvalue weighted by atomic mass is 10.1. The molecule has 0 bridgehead atoms. The molecule has 72 valence electrons. The number of aliphatic hydroxyl groups excluding tert-OH is 1. The fourth-order valence-electron chi connectivity index (χ4n) is 0.972. The third kappa shape index (κ3) is 2.21. The summed E-state index contributed by atoms with van der Waals surface area (Å²) < 4.78 is 24.1. The van der Waals surface area contributed by atoms with Gasteiger partial charge in [-0.3, -0.25) is 4.98 Å². The van der Waals surface area contributed by atoms with Crippen LogP contribution < -0.4 is 0 Å². The van der Waals surface area contributed by atoms with Gasteiger partial charge in [0.05, 0.1) is 0 Å². The van der Waals surface area contributed by atoms with Gasteiger partial charge in [0.25, 0.3) is 6.43 Å². The van der Waals surface area contributed by atoms with E-state index >= 15 is 0 Å². The van der Waals surface area contributed by atoms with Crippen molar-refractivity contribution in [2.24, 2.45) is 0 Å². The molecule has 1 N–H and O–H groups in total. The van der Waals surface area contributed by atoms with Gasteiger partial charge in [0.2, 0.25) is 0 Å². The fraction of sp³-hybridized carbons (Fsp3) is 0.444. The summed E-state index contributed by atoms with van der Waals surface area (Å²) in [5.41, 5.74) is 1.75. The van der Waals surface area contributed by atoms with Crippen molar-refractivity contribution in [3.63, 3.8) is 0 Å². The van der Waals surface area contributed by atoms with Crippen molar-refractivity contribution in [2.45, 2.75) is 26.4 Å². The summed E-state index contributed by atoms with van der Waals surface area (Å²) in [7, 11) is 0. The monoisotopic (exact) mass is 187 g/mol. The number of aromatic nitrogens is 1. The van der Waals surface area contributed by atoms with Gasteiger partial charge in [0, 0.05) is 17.5 Å². The smallest absolute Gasteiger partial charge is 0.268 e. The second-order valence-electron chi connectivity index (χ2n) is 2.95. The summed E-state index contributed by atoms with van der Waals surface area (Å²) in [6.45, 7) is 3.55. The standard InChI is InChI=1S/C9H11F2NO/c1-5-3-7(4-12-6(5)2)8(13)9(10)11/h3-4,8-9,13H,1-2H3. The number of pyridine rings is 1. The van der Waals surface area contributed by atoms with E-state index in [9.17, 15) is 8.78 Å². The molecule has 13 heavy (non-hydrogen) atoms. The molecule has 1 aromatic heterocycles. The highest BCUT2D eigenvalue weighted by atomic mass is 19.3. The molecule has 1 aromatic rings. The highest BCUT2D eigenvalue weighted by molar-refractivity contribution is 5.24. The summed E-state index contributed by atoms with van der Waals surface area (Å²) in [5.74, 6) is 0. The van der Waals surface area contributed by atoms with Crippen molar-refractivity contribution < 1.29 is 13.9 Å². The van der Waals surface area contributed by atoms with E-state index in [1.165, 1.54) is 12.3 Å². The van der Waals surface area contributed by atoms with Crippen LogP contribution in [0.2, 0.25) is 0 Å². The van der Waals surface area contributed by atoms with E-state index in [2.05, 4.69) is 4.98 Å². The summed E-state index contributed by atoms with van der Waals surface area (Å²) in [6, 6.07) is 1.53. The Balaban J connectivity index is 2.97. The number of aliphatic hydroxyl groups is 1. The van der Waals surface area contributed by atoms with Gasteiger partial charge in [-0.1, -0.05) is 0 Å². The summed E-state index contributed by atoms with van der Waals surface area (Å²) in [6.07, 6.45) is -3.21. The van der Waals surface area contributed by atoms with Crippen molar-refractivity contribution in [1.29, 1.82) is 0 Å². The quantitative estimate of drug-likeness (QED) is 0.768. The lowest BCUT2D eigenvalue weighted by Crippen LogP contribution is -2.08. The number of aryl methyl sites for hydroxylation is 2. The Hall–Kier alpha value is -1.03. The predicted molar refractivity (Wildman–Crippen MR) is 44.7 cm³/mol. The molecule has 0 saturated heterocycles. The van der Waals surface area contributed by atoms with E-state index in [-0.39, 0.29) is 5.56 Å². The first-order valence-electron chi connectivity index (χ1n) is 3.91. The van der Waals surface area contributed by atoms with Crippen molar-refractivity contribution in [1.82, 2.24) is 4.98 Å². The Bertz CT molecular complexity index is 302. The van der Waals surface area contributed by atoms with Crippen LogP contribution in [0.3, 0.4) is 0 Å². The zero-order valence-electron chi connectivity index (χ0n) is 7.46. The number of alkyl halides is 2. The van der Waals surface area contributed by atoms with Gasteiger partial charge in [-0.15, -0.1) is 0 Å². The third-order valence-corrected chi connectivity index (χ3v) is 1.94. The Morgan fingerprint density at radius 1 is 1.38 bits per heavy atom. The molecule has 1 unspecified atom stereocenters. The number of rotatable bonds is 2. The van der Waals surface area contributed by atoms with E-state index < -0.39 is 12.5 Å². The van der Waals surface area contributed by atoms with Gasteiger partial charge in [0.1, 0.15) is 6.10 Å². The maximum atomic E-state index is 12.1. The molecule has 1 heterocycles. The lowest BCUT2D eigenvalue weighted by molar-refractivity contribution is -0.00600. The topological polar surface area (TPSA) is 33.1 Å². The number of halogens is 2. The normalized spacial score (nSPS) is 13.4. The second kappa shape index (κ2) is 3.79. The minimum absolute atomic E-state index is 0.165. The molecule has 0 aromatic carbocycles. The maximum absolute atomic E-state index is 12.1. The molecule has 0 radical (unpaired) electrons. The zero-order chi connectivity index (χ0) is 10.0. The molecule has 0 fully saturated rings. The van der Waals surface area contributed by atoms with E-state index in [4.69, 9.17) is 5.11 Å². The van der Waals surface area contributed by atoms with Crippen LogP contribution in [-0.4, -0.2) is 16.5 Å². The van der Waals surface area contributed by atoms with Crippen molar-refractivity contribution >= 4 is 0 Å². The number of hydrogen-bond acceptors (Lipinski definition) is 2. The average Bonchev–Trinajstić information content (AvgIpc) is 2.08. The fourth-order valence-corrected chi connectivity index (χ4v) is 0.972. The van der Waals surface area contributed by atoms with E-state index in [1.807, 2.05) is 0 Å². The molecular formula is C9H11F2NO.